The topological polar surface area (TPSA) is 41.1 Å². The number of carbonyl (C=O) groups is 1. The van der Waals surface area contributed by atoms with Gasteiger partial charge in [-0.05, 0) is 26.3 Å². The highest BCUT2D eigenvalue weighted by Crippen LogP contribution is 2.17. The lowest BCUT2D eigenvalue weighted by Gasteiger charge is -2.17. The molecule has 0 aromatic rings. The van der Waals surface area contributed by atoms with Crippen molar-refractivity contribution in [2.75, 3.05) is 7.05 Å². The molecule has 0 aromatic heterocycles. The van der Waals surface area contributed by atoms with Gasteiger partial charge in [0.1, 0.15) is 0 Å². The minimum atomic E-state index is -0.0133. The first-order valence-electron chi connectivity index (χ1n) is 5.25. The molecule has 3 heteroatoms. The molecule has 1 atom stereocenters. The van der Waals surface area contributed by atoms with Crippen LogP contribution in [-0.4, -0.2) is 25.0 Å². The first-order valence-corrected chi connectivity index (χ1v) is 5.25. The van der Waals surface area contributed by atoms with Crippen LogP contribution >= 0.6 is 0 Å². The molecule has 1 amide bonds. The molecule has 1 fully saturated rings. The van der Waals surface area contributed by atoms with Gasteiger partial charge in [0.05, 0.1) is 6.04 Å². The average molecular weight is 184 g/mol. The third-order valence-corrected chi connectivity index (χ3v) is 2.77. The third kappa shape index (κ3) is 2.99. The molecule has 1 aliphatic rings. The lowest BCUT2D eigenvalue weighted by atomic mass is 10.2. The van der Waals surface area contributed by atoms with E-state index in [4.69, 9.17) is 0 Å². The van der Waals surface area contributed by atoms with Gasteiger partial charge in [-0.25, -0.2) is 0 Å². The van der Waals surface area contributed by atoms with Crippen LogP contribution in [0.15, 0.2) is 0 Å². The Kier molecular flexibility index (Phi) is 4.22. The summed E-state index contributed by atoms with van der Waals surface area (Å²) in [6.07, 6.45) is 5.70. The largest absolute Gasteiger partial charge is 0.352 e. The molecule has 1 unspecified atom stereocenters. The summed E-state index contributed by atoms with van der Waals surface area (Å²) in [5, 5.41) is 6.09. The molecule has 0 aromatic carbocycles. The fourth-order valence-electron chi connectivity index (χ4n) is 1.89. The van der Waals surface area contributed by atoms with E-state index >= 15 is 0 Å². The van der Waals surface area contributed by atoms with E-state index in [9.17, 15) is 4.79 Å². The van der Waals surface area contributed by atoms with Crippen molar-refractivity contribution in [3.8, 4) is 0 Å². The van der Waals surface area contributed by atoms with E-state index in [2.05, 4.69) is 10.6 Å². The smallest absolute Gasteiger partial charge is 0.237 e. The Morgan fingerprint density at radius 3 is 2.54 bits per heavy atom. The molecule has 76 valence electrons. The number of rotatable bonds is 4. The molecular weight excluding hydrogens is 164 g/mol. The Hall–Kier alpha value is -0.570. The van der Waals surface area contributed by atoms with E-state index in [1.807, 2.05) is 14.0 Å². The van der Waals surface area contributed by atoms with Crippen molar-refractivity contribution in [2.24, 2.45) is 0 Å². The number of nitrogens with one attached hydrogen (secondary N) is 2. The van der Waals surface area contributed by atoms with Crippen molar-refractivity contribution in [1.29, 1.82) is 0 Å². The maximum atomic E-state index is 11.6. The van der Waals surface area contributed by atoms with Gasteiger partial charge < -0.3 is 10.6 Å². The third-order valence-electron chi connectivity index (χ3n) is 2.77. The van der Waals surface area contributed by atoms with Gasteiger partial charge in [0.25, 0.3) is 0 Å². The van der Waals surface area contributed by atoms with Crippen LogP contribution in [0.5, 0.6) is 0 Å². The fourth-order valence-corrected chi connectivity index (χ4v) is 1.89. The Morgan fingerprint density at radius 1 is 1.46 bits per heavy atom. The lowest BCUT2D eigenvalue weighted by Crippen LogP contribution is -2.45. The molecule has 1 saturated carbocycles. The second-order valence-electron chi connectivity index (χ2n) is 3.74. The average Bonchev–Trinajstić information content (AvgIpc) is 2.59. The first-order chi connectivity index (χ1) is 6.27. The van der Waals surface area contributed by atoms with E-state index in [1.165, 1.54) is 12.8 Å². The molecular formula is C10H20N2O. The second-order valence-corrected chi connectivity index (χ2v) is 3.74. The second kappa shape index (κ2) is 5.22. The normalized spacial score (nSPS) is 20.2. The van der Waals surface area contributed by atoms with Crippen molar-refractivity contribution < 1.29 is 4.79 Å². The van der Waals surface area contributed by atoms with E-state index in [0.29, 0.717) is 6.04 Å². The standard InChI is InChI=1S/C10H20N2O/c1-3-9(11-2)10(13)12-8-6-4-5-7-8/h8-9,11H,3-7H2,1-2H3,(H,12,13). The summed E-state index contributed by atoms with van der Waals surface area (Å²) >= 11 is 0. The van der Waals surface area contributed by atoms with Gasteiger partial charge in [0.2, 0.25) is 5.91 Å². The maximum absolute atomic E-state index is 11.6. The molecule has 2 N–H and O–H groups in total. The van der Waals surface area contributed by atoms with Crippen LogP contribution in [0.25, 0.3) is 0 Å². The highest BCUT2D eigenvalue weighted by atomic mass is 16.2. The van der Waals surface area contributed by atoms with Crippen LogP contribution in [0.1, 0.15) is 39.0 Å². The molecule has 0 bridgehead atoms. The van der Waals surface area contributed by atoms with Crippen LogP contribution in [0.4, 0.5) is 0 Å². The van der Waals surface area contributed by atoms with E-state index in [1.54, 1.807) is 0 Å². The Bertz CT molecular complexity index is 160. The zero-order valence-electron chi connectivity index (χ0n) is 8.60. The minimum Gasteiger partial charge on any atom is -0.352 e. The highest BCUT2D eigenvalue weighted by molar-refractivity contribution is 5.81. The van der Waals surface area contributed by atoms with Crippen LogP contribution in [0.3, 0.4) is 0 Å². The Balaban J connectivity index is 2.29. The van der Waals surface area contributed by atoms with E-state index in [0.717, 1.165) is 19.3 Å². The molecule has 3 nitrogen and oxygen atoms in total. The molecule has 13 heavy (non-hydrogen) atoms. The highest BCUT2D eigenvalue weighted by Gasteiger charge is 2.20. The summed E-state index contributed by atoms with van der Waals surface area (Å²) in [6.45, 7) is 2.02. The summed E-state index contributed by atoms with van der Waals surface area (Å²) in [5.41, 5.74) is 0. The molecule has 0 aliphatic heterocycles. The number of carbonyl (C=O) groups excluding carboxylic acids is 1. The van der Waals surface area contributed by atoms with Gasteiger partial charge in [-0.15, -0.1) is 0 Å². The van der Waals surface area contributed by atoms with Gasteiger partial charge in [0, 0.05) is 6.04 Å². The van der Waals surface area contributed by atoms with Gasteiger partial charge in [-0.2, -0.15) is 0 Å². The lowest BCUT2D eigenvalue weighted by molar-refractivity contribution is -0.123. The SMILES string of the molecule is CCC(NC)C(=O)NC1CCCC1. The summed E-state index contributed by atoms with van der Waals surface area (Å²) in [4.78, 5) is 11.6. The zero-order valence-corrected chi connectivity index (χ0v) is 8.60. The predicted molar refractivity (Wildman–Crippen MR) is 53.5 cm³/mol. The zero-order chi connectivity index (χ0) is 9.68. The van der Waals surface area contributed by atoms with Crippen molar-refractivity contribution >= 4 is 5.91 Å². The molecule has 0 spiro atoms. The number of amides is 1. The summed E-state index contributed by atoms with van der Waals surface area (Å²) in [5.74, 6) is 0.164. The van der Waals surface area contributed by atoms with Crippen LogP contribution < -0.4 is 10.6 Å². The summed E-state index contributed by atoms with van der Waals surface area (Å²) in [6, 6.07) is 0.426. The van der Waals surface area contributed by atoms with Crippen LogP contribution in [0.2, 0.25) is 0 Å². The Morgan fingerprint density at radius 2 is 2.08 bits per heavy atom. The van der Waals surface area contributed by atoms with E-state index < -0.39 is 0 Å². The molecule has 0 saturated heterocycles. The number of hydrogen-bond donors (Lipinski definition) is 2. The van der Waals surface area contributed by atoms with Gasteiger partial charge >= 0.3 is 0 Å². The van der Waals surface area contributed by atoms with Crippen molar-refractivity contribution in [2.45, 2.75) is 51.1 Å². The number of likely N-dealkylation sites (N-methyl/N-ethyl adjacent to an activating group) is 1. The van der Waals surface area contributed by atoms with Gasteiger partial charge in [0.15, 0.2) is 0 Å². The predicted octanol–water partition coefficient (Wildman–Crippen LogP) is 1.04. The fraction of sp³-hybridized carbons (Fsp3) is 0.900. The Labute approximate surface area is 80.3 Å². The summed E-state index contributed by atoms with van der Waals surface area (Å²) < 4.78 is 0. The quantitative estimate of drug-likeness (QED) is 0.685. The first kappa shape index (κ1) is 10.5. The van der Waals surface area contributed by atoms with E-state index in [-0.39, 0.29) is 11.9 Å². The van der Waals surface area contributed by atoms with Gasteiger partial charge in [-0.3, -0.25) is 4.79 Å². The number of hydrogen-bond acceptors (Lipinski definition) is 2. The van der Waals surface area contributed by atoms with Crippen molar-refractivity contribution in [3.63, 3.8) is 0 Å². The van der Waals surface area contributed by atoms with Crippen LogP contribution in [0, 0.1) is 0 Å². The van der Waals surface area contributed by atoms with Crippen LogP contribution in [-0.2, 0) is 4.79 Å². The molecule has 0 heterocycles. The van der Waals surface area contributed by atoms with Crippen molar-refractivity contribution in [3.05, 3.63) is 0 Å². The molecule has 1 rings (SSSR count). The summed E-state index contributed by atoms with van der Waals surface area (Å²) in [7, 11) is 1.84. The van der Waals surface area contributed by atoms with Gasteiger partial charge in [-0.1, -0.05) is 19.8 Å². The molecule has 0 radical (unpaired) electrons. The molecule has 1 aliphatic carbocycles. The monoisotopic (exact) mass is 184 g/mol. The maximum Gasteiger partial charge on any atom is 0.237 e. The van der Waals surface area contributed by atoms with Crippen molar-refractivity contribution in [1.82, 2.24) is 10.6 Å². The minimum absolute atomic E-state index is 0.0133.